The number of rotatable bonds is 8. The van der Waals surface area contributed by atoms with Crippen LogP contribution in [0.2, 0.25) is 0 Å². The number of fused-ring (bicyclic) bond motifs is 1. The molecular formula is C30H29F2N5O2. The maximum Gasteiger partial charge on any atom is 0.177 e. The molecular weight excluding hydrogens is 500 g/mol. The first-order valence-electron chi connectivity index (χ1n) is 12.8. The number of anilines is 3. The quantitative estimate of drug-likeness (QED) is 0.268. The van der Waals surface area contributed by atoms with Crippen LogP contribution in [0.1, 0.15) is 42.9 Å². The molecule has 0 bridgehead atoms. The summed E-state index contributed by atoms with van der Waals surface area (Å²) in [4.78, 5) is 15.2. The fourth-order valence-corrected chi connectivity index (χ4v) is 4.75. The predicted octanol–water partition coefficient (Wildman–Crippen LogP) is 6.54. The van der Waals surface area contributed by atoms with Gasteiger partial charge in [0.2, 0.25) is 0 Å². The van der Waals surface area contributed by atoms with E-state index in [9.17, 15) is 5.11 Å². The number of pyridine rings is 1. The van der Waals surface area contributed by atoms with Crippen LogP contribution >= 0.6 is 0 Å². The molecule has 0 spiro atoms. The van der Waals surface area contributed by atoms with E-state index in [-0.39, 0.29) is 35.5 Å². The molecule has 0 amide bonds. The zero-order chi connectivity index (χ0) is 27.5. The summed E-state index contributed by atoms with van der Waals surface area (Å²) < 4.78 is 35.3. The molecule has 2 aromatic heterocycles. The van der Waals surface area contributed by atoms with Gasteiger partial charge in [0.25, 0.3) is 0 Å². The lowest BCUT2D eigenvalue weighted by atomic mass is 9.92. The molecule has 0 radical (unpaired) electrons. The predicted molar refractivity (Wildman–Crippen MR) is 147 cm³/mol. The lowest BCUT2D eigenvalue weighted by Crippen LogP contribution is -2.37. The van der Waals surface area contributed by atoms with Gasteiger partial charge in [-0.05, 0) is 38.5 Å². The standard InChI is InChI=1S/C30H29F2N5O2/c1-4-20-13-23(29-34-16-28(38)30(36-29)35-19-10-11-33-18(3)12-19)22-8-6-7-9-27(22)37(20)17-24-25(31)14-21(39-5-2)15-26(24)32/h6-16,20,38H,4-5,17H2,1-3H3,(H,33,34,35,36). The highest BCUT2D eigenvalue weighted by molar-refractivity contribution is 5.88. The third-order valence-electron chi connectivity index (χ3n) is 6.61. The minimum absolute atomic E-state index is 0.0245. The van der Waals surface area contributed by atoms with Crippen molar-refractivity contribution in [2.75, 3.05) is 16.8 Å². The third kappa shape index (κ3) is 5.38. The highest BCUT2D eigenvalue weighted by atomic mass is 19.1. The number of benzene rings is 2. The van der Waals surface area contributed by atoms with Crippen molar-refractivity contribution in [3.8, 4) is 11.5 Å². The molecule has 7 nitrogen and oxygen atoms in total. The van der Waals surface area contributed by atoms with E-state index in [2.05, 4.69) is 20.3 Å². The normalized spacial score (nSPS) is 14.5. The van der Waals surface area contributed by atoms with Crippen LogP contribution in [-0.2, 0) is 6.54 Å². The molecule has 1 aliphatic heterocycles. The monoisotopic (exact) mass is 529 g/mol. The first kappa shape index (κ1) is 26.1. The van der Waals surface area contributed by atoms with Crippen molar-refractivity contribution in [1.29, 1.82) is 0 Å². The van der Waals surface area contributed by atoms with Crippen molar-refractivity contribution in [2.24, 2.45) is 0 Å². The molecule has 0 fully saturated rings. The Morgan fingerprint density at radius 3 is 2.54 bits per heavy atom. The molecule has 5 rings (SSSR count). The molecule has 0 saturated carbocycles. The van der Waals surface area contributed by atoms with Gasteiger partial charge in [-0.15, -0.1) is 0 Å². The highest BCUT2D eigenvalue weighted by Gasteiger charge is 2.29. The number of aromatic hydroxyl groups is 1. The largest absolute Gasteiger partial charge is 0.503 e. The number of aromatic nitrogens is 3. The number of hydrogen-bond donors (Lipinski definition) is 2. The smallest absolute Gasteiger partial charge is 0.177 e. The van der Waals surface area contributed by atoms with E-state index in [0.29, 0.717) is 18.9 Å². The molecule has 2 N–H and O–H groups in total. The number of nitrogens with one attached hydrogen (secondary N) is 1. The van der Waals surface area contributed by atoms with Crippen molar-refractivity contribution in [1.82, 2.24) is 15.0 Å². The molecule has 0 aliphatic carbocycles. The highest BCUT2D eigenvalue weighted by Crippen LogP contribution is 2.40. The van der Waals surface area contributed by atoms with Crippen LogP contribution in [0.4, 0.5) is 26.0 Å². The lowest BCUT2D eigenvalue weighted by molar-refractivity contribution is 0.335. The van der Waals surface area contributed by atoms with Crippen molar-refractivity contribution in [2.45, 2.75) is 39.8 Å². The van der Waals surface area contributed by atoms with Gasteiger partial charge in [0.15, 0.2) is 17.4 Å². The van der Waals surface area contributed by atoms with Crippen LogP contribution in [0.3, 0.4) is 0 Å². The van der Waals surface area contributed by atoms with Gasteiger partial charge in [-0.25, -0.2) is 18.7 Å². The van der Waals surface area contributed by atoms with E-state index in [1.54, 1.807) is 19.2 Å². The number of aryl methyl sites for hydroxylation is 1. The summed E-state index contributed by atoms with van der Waals surface area (Å²) in [5.41, 5.74) is 3.94. The van der Waals surface area contributed by atoms with Gasteiger partial charge < -0.3 is 20.1 Å². The molecule has 1 unspecified atom stereocenters. The van der Waals surface area contributed by atoms with E-state index in [4.69, 9.17) is 4.74 Å². The second-order valence-corrected chi connectivity index (χ2v) is 9.24. The summed E-state index contributed by atoms with van der Waals surface area (Å²) in [5, 5.41) is 13.6. The van der Waals surface area contributed by atoms with Crippen LogP contribution in [0, 0.1) is 18.6 Å². The summed E-state index contributed by atoms with van der Waals surface area (Å²) in [7, 11) is 0. The Hall–Kier alpha value is -4.53. The zero-order valence-corrected chi connectivity index (χ0v) is 21.9. The topological polar surface area (TPSA) is 83.4 Å². The maximum absolute atomic E-state index is 15.0. The van der Waals surface area contributed by atoms with E-state index < -0.39 is 11.6 Å². The Labute approximate surface area is 225 Å². The first-order chi connectivity index (χ1) is 18.9. The summed E-state index contributed by atoms with van der Waals surface area (Å²) in [6.45, 7) is 6.01. The van der Waals surface area contributed by atoms with E-state index in [1.165, 1.54) is 18.3 Å². The summed E-state index contributed by atoms with van der Waals surface area (Å²) >= 11 is 0. The van der Waals surface area contributed by atoms with Gasteiger partial charge in [-0.2, -0.15) is 0 Å². The Kier molecular flexibility index (Phi) is 7.40. The summed E-state index contributed by atoms with van der Waals surface area (Å²) in [5.74, 6) is -0.537. The minimum Gasteiger partial charge on any atom is -0.503 e. The Bertz CT molecular complexity index is 1520. The van der Waals surface area contributed by atoms with Gasteiger partial charge in [0.1, 0.15) is 17.4 Å². The Morgan fingerprint density at radius 2 is 1.82 bits per heavy atom. The first-order valence-corrected chi connectivity index (χ1v) is 12.8. The van der Waals surface area contributed by atoms with Crippen LogP contribution in [0.15, 0.2) is 67.0 Å². The van der Waals surface area contributed by atoms with Crippen molar-refractivity contribution in [3.05, 3.63) is 101 Å². The molecule has 2 aromatic carbocycles. The number of hydrogen-bond acceptors (Lipinski definition) is 7. The van der Waals surface area contributed by atoms with Gasteiger partial charge in [-0.3, -0.25) is 4.98 Å². The molecule has 39 heavy (non-hydrogen) atoms. The van der Waals surface area contributed by atoms with Crippen molar-refractivity contribution < 1.29 is 18.6 Å². The average Bonchev–Trinajstić information content (AvgIpc) is 2.92. The van der Waals surface area contributed by atoms with E-state index >= 15 is 8.78 Å². The second-order valence-electron chi connectivity index (χ2n) is 9.24. The number of nitrogens with zero attached hydrogens (tertiary/aromatic N) is 4. The number of halogens is 2. The fourth-order valence-electron chi connectivity index (χ4n) is 4.75. The van der Waals surface area contributed by atoms with Crippen LogP contribution < -0.4 is 15.0 Å². The summed E-state index contributed by atoms with van der Waals surface area (Å²) in [6, 6.07) is 13.5. The van der Waals surface area contributed by atoms with Crippen LogP contribution in [0.5, 0.6) is 11.5 Å². The maximum atomic E-state index is 15.0. The second kappa shape index (κ2) is 11.1. The molecule has 4 aromatic rings. The SMILES string of the molecule is CCOc1cc(F)c(CN2c3ccccc3C(c3ncc(O)c(Nc4ccnc(C)c4)n3)=CC2CC)c(F)c1. The Morgan fingerprint density at radius 1 is 1.05 bits per heavy atom. The molecule has 200 valence electrons. The van der Waals surface area contributed by atoms with Crippen LogP contribution in [-0.4, -0.2) is 32.7 Å². The van der Waals surface area contributed by atoms with E-state index in [1.807, 2.05) is 55.2 Å². The van der Waals surface area contributed by atoms with Gasteiger partial charge in [0, 0.05) is 64.7 Å². The molecule has 9 heteroatoms. The minimum atomic E-state index is -0.649. The van der Waals surface area contributed by atoms with E-state index in [0.717, 1.165) is 28.2 Å². The number of ether oxygens (including phenoxy) is 1. The average molecular weight is 530 g/mol. The zero-order valence-electron chi connectivity index (χ0n) is 21.9. The summed E-state index contributed by atoms with van der Waals surface area (Å²) in [6.07, 6.45) is 5.73. The molecule has 0 saturated heterocycles. The van der Waals surface area contributed by atoms with Crippen LogP contribution in [0.25, 0.3) is 5.57 Å². The lowest BCUT2D eigenvalue weighted by Gasteiger charge is -2.37. The van der Waals surface area contributed by atoms with Gasteiger partial charge in [-0.1, -0.05) is 31.2 Å². The van der Waals surface area contributed by atoms with Gasteiger partial charge >= 0.3 is 0 Å². The molecule has 1 aliphatic rings. The number of para-hydroxylation sites is 1. The third-order valence-corrected chi connectivity index (χ3v) is 6.61. The molecule has 3 heterocycles. The fraction of sp³-hybridized carbons (Fsp3) is 0.233. The Balaban J connectivity index is 1.52. The van der Waals surface area contributed by atoms with Crippen molar-refractivity contribution >= 4 is 22.8 Å². The molecule has 1 atom stereocenters. The van der Waals surface area contributed by atoms with Gasteiger partial charge in [0.05, 0.1) is 12.8 Å². The van der Waals surface area contributed by atoms with Crippen molar-refractivity contribution in [3.63, 3.8) is 0 Å².